The van der Waals surface area contributed by atoms with Crippen molar-refractivity contribution in [2.75, 3.05) is 19.6 Å². The van der Waals surface area contributed by atoms with E-state index in [0.717, 1.165) is 56.2 Å². The Labute approximate surface area is 176 Å². The SMILES string of the molecule is O=C(NCC1CCC2(CCN(Cc3ccncc3)CC2)O1)c1ccc2[nH]ccc2c1. The van der Waals surface area contributed by atoms with Crippen LogP contribution in [-0.4, -0.2) is 52.1 Å². The van der Waals surface area contributed by atoms with E-state index in [2.05, 4.69) is 32.3 Å². The number of carbonyl (C=O) groups is 1. The van der Waals surface area contributed by atoms with Gasteiger partial charge in [0.2, 0.25) is 0 Å². The molecular formula is C24H28N4O2. The van der Waals surface area contributed by atoms with E-state index in [-0.39, 0.29) is 17.6 Å². The number of piperidine rings is 1. The number of H-pyrrole nitrogens is 1. The highest BCUT2D eigenvalue weighted by Gasteiger charge is 2.42. The summed E-state index contributed by atoms with van der Waals surface area (Å²) in [6.45, 7) is 3.66. The Hall–Kier alpha value is -2.70. The van der Waals surface area contributed by atoms with Crippen molar-refractivity contribution in [1.82, 2.24) is 20.2 Å². The number of ether oxygens (including phenoxy) is 1. The summed E-state index contributed by atoms with van der Waals surface area (Å²) < 4.78 is 6.48. The monoisotopic (exact) mass is 404 g/mol. The number of hydrogen-bond acceptors (Lipinski definition) is 4. The van der Waals surface area contributed by atoms with Gasteiger partial charge in [-0.25, -0.2) is 0 Å². The van der Waals surface area contributed by atoms with Crippen molar-refractivity contribution in [3.8, 4) is 0 Å². The summed E-state index contributed by atoms with van der Waals surface area (Å²) in [5.41, 5.74) is 3.04. The van der Waals surface area contributed by atoms with E-state index in [1.807, 2.05) is 42.9 Å². The molecule has 0 saturated carbocycles. The molecule has 1 atom stereocenters. The molecule has 30 heavy (non-hydrogen) atoms. The fourth-order valence-corrected chi connectivity index (χ4v) is 4.78. The number of nitrogens with one attached hydrogen (secondary N) is 2. The maximum absolute atomic E-state index is 12.6. The Kier molecular flexibility index (Phi) is 5.27. The minimum absolute atomic E-state index is 0.00578. The van der Waals surface area contributed by atoms with Crippen LogP contribution in [-0.2, 0) is 11.3 Å². The zero-order chi connectivity index (χ0) is 20.4. The first-order valence-corrected chi connectivity index (χ1v) is 10.8. The predicted molar refractivity (Wildman–Crippen MR) is 116 cm³/mol. The fraction of sp³-hybridized carbons (Fsp3) is 0.417. The predicted octanol–water partition coefficient (Wildman–Crippen LogP) is 3.51. The maximum Gasteiger partial charge on any atom is 0.251 e. The van der Waals surface area contributed by atoms with E-state index in [0.29, 0.717) is 12.1 Å². The van der Waals surface area contributed by atoms with Gasteiger partial charge in [0.25, 0.3) is 5.91 Å². The highest BCUT2D eigenvalue weighted by molar-refractivity contribution is 5.98. The van der Waals surface area contributed by atoms with Crippen molar-refractivity contribution < 1.29 is 9.53 Å². The molecular weight excluding hydrogens is 376 g/mol. The lowest BCUT2D eigenvalue weighted by atomic mass is 9.88. The second-order valence-electron chi connectivity index (χ2n) is 8.58. The molecule has 1 unspecified atom stereocenters. The summed E-state index contributed by atoms with van der Waals surface area (Å²) in [7, 11) is 0. The molecule has 1 aromatic carbocycles. The Bertz CT molecular complexity index is 1010. The third kappa shape index (κ3) is 4.11. The van der Waals surface area contributed by atoms with Gasteiger partial charge in [0, 0.05) is 61.2 Å². The molecule has 1 spiro atoms. The highest BCUT2D eigenvalue weighted by Crippen LogP contribution is 2.39. The van der Waals surface area contributed by atoms with E-state index in [9.17, 15) is 4.79 Å². The smallest absolute Gasteiger partial charge is 0.251 e. The van der Waals surface area contributed by atoms with Gasteiger partial charge >= 0.3 is 0 Å². The zero-order valence-corrected chi connectivity index (χ0v) is 17.1. The first kappa shape index (κ1) is 19.3. The van der Waals surface area contributed by atoms with E-state index >= 15 is 0 Å². The largest absolute Gasteiger partial charge is 0.370 e. The van der Waals surface area contributed by atoms with Gasteiger partial charge < -0.3 is 15.0 Å². The van der Waals surface area contributed by atoms with Gasteiger partial charge in [0.1, 0.15) is 0 Å². The van der Waals surface area contributed by atoms with Crippen molar-refractivity contribution in [1.29, 1.82) is 0 Å². The second-order valence-corrected chi connectivity index (χ2v) is 8.58. The zero-order valence-electron chi connectivity index (χ0n) is 17.1. The molecule has 2 aliphatic rings. The van der Waals surface area contributed by atoms with Crippen LogP contribution < -0.4 is 5.32 Å². The van der Waals surface area contributed by atoms with Crippen molar-refractivity contribution in [2.45, 2.75) is 43.9 Å². The molecule has 2 aromatic heterocycles. The molecule has 2 fully saturated rings. The lowest BCUT2D eigenvalue weighted by Crippen LogP contribution is -2.44. The highest BCUT2D eigenvalue weighted by atomic mass is 16.5. The van der Waals surface area contributed by atoms with E-state index in [1.54, 1.807) is 0 Å². The molecule has 1 amide bonds. The van der Waals surface area contributed by atoms with Gasteiger partial charge in [-0.1, -0.05) is 0 Å². The maximum atomic E-state index is 12.6. The molecule has 4 heterocycles. The van der Waals surface area contributed by atoms with Crippen LogP contribution in [0.15, 0.2) is 55.0 Å². The number of aromatic amines is 1. The molecule has 0 radical (unpaired) electrons. The summed E-state index contributed by atoms with van der Waals surface area (Å²) in [5, 5.41) is 4.12. The quantitative estimate of drug-likeness (QED) is 0.683. The van der Waals surface area contributed by atoms with Gasteiger partial charge in [0.15, 0.2) is 0 Å². The van der Waals surface area contributed by atoms with E-state index < -0.39 is 0 Å². The summed E-state index contributed by atoms with van der Waals surface area (Å²) in [4.78, 5) is 22.3. The van der Waals surface area contributed by atoms with E-state index in [1.165, 1.54) is 5.56 Å². The minimum atomic E-state index is -0.0326. The molecule has 2 aliphatic heterocycles. The van der Waals surface area contributed by atoms with Crippen LogP contribution in [0.5, 0.6) is 0 Å². The first-order chi connectivity index (χ1) is 14.7. The number of nitrogens with zero attached hydrogens (tertiary/aromatic N) is 2. The van der Waals surface area contributed by atoms with Crippen LogP contribution in [0.1, 0.15) is 41.6 Å². The van der Waals surface area contributed by atoms with Gasteiger partial charge in [-0.3, -0.25) is 14.7 Å². The van der Waals surface area contributed by atoms with Crippen LogP contribution in [0.25, 0.3) is 10.9 Å². The van der Waals surface area contributed by atoms with Crippen LogP contribution in [0, 0.1) is 0 Å². The molecule has 5 rings (SSSR count). The van der Waals surface area contributed by atoms with Crippen molar-refractivity contribution in [3.63, 3.8) is 0 Å². The van der Waals surface area contributed by atoms with Crippen LogP contribution in [0.3, 0.4) is 0 Å². The normalized spacial score (nSPS) is 21.3. The first-order valence-electron chi connectivity index (χ1n) is 10.8. The van der Waals surface area contributed by atoms with Crippen molar-refractivity contribution in [3.05, 3.63) is 66.1 Å². The van der Waals surface area contributed by atoms with Gasteiger partial charge in [-0.05, 0) is 67.6 Å². The van der Waals surface area contributed by atoms with Crippen LogP contribution in [0.4, 0.5) is 0 Å². The number of likely N-dealkylation sites (tertiary alicyclic amines) is 1. The minimum Gasteiger partial charge on any atom is -0.370 e. The molecule has 6 nitrogen and oxygen atoms in total. The standard InChI is InChI=1S/C24H28N4O2/c29-23(20-1-2-22-19(15-20)6-12-26-22)27-16-21-3-7-24(30-21)8-13-28(14-9-24)17-18-4-10-25-11-5-18/h1-2,4-6,10-12,15,21,26H,3,7-9,13-14,16-17H2,(H,27,29). The molecule has 0 aliphatic carbocycles. The average molecular weight is 405 g/mol. The molecule has 0 bridgehead atoms. The molecule has 156 valence electrons. The van der Waals surface area contributed by atoms with Gasteiger partial charge in [0.05, 0.1) is 11.7 Å². The third-order valence-corrected chi connectivity index (χ3v) is 6.57. The Morgan fingerprint density at radius 3 is 2.83 bits per heavy atom. The van der Waals surface area contributed by atoms with Crippen LogP contribution >= 0.6 is 0 Å². The summed E-state index contributed by atoms with van der Waals surface area (Å²) in [6, 6.07) is 11.9. The fourth-order valence-electron chi connectivity index (χ4n) is 4.78. The number of fused-ring (bicyclic) bond motifs is 1. The van der Waals surface area contributed by atoms with Crippen LogP contribution in [0.2, 0.25) is 0 Å². The summed E-state index contributed by atoms with van der Waals surface area (Å²) in [6.07, 6.45) is 9.94. The molecule has 6 heteroatoms. The topological polar surface area (TPSA) is 70.2 Å². The average Bonchev–Trinajstić information content (AvgIpc) is 3.41. The number of carbonyl (C=O) groups excluding carboxylic acids is 1. The summed E-state index contributed by atoms with van der Waals surface area (Å²) in [5.74, 6) is -0.0326. The lowest BCUT2D eigenvalue weighted by molar-refractivity contribution is -0.0764. The summed E-state index contributed by atoms with van der Waals surface area (Å²) >= 11 is 0. The van der Waals surface area contributed by atoms with Crippen molar-refractivity contribution >= 4 is 16.8 Å². The van der Waals surface area contributed by atoms with E-state index in [4.69, 9.17) is 4.74 Å². The number of amides is 1. The Morgan fingerprint density at radius 2 is 2.00 bits per heavy atom. The van der Waals surface area contributed by atoms with Crippen molar-refractivity contribution in [2.24, 2.45) is 0 Å². The number of rotatable bonds is 5. The third-order valence-electron chi connectivity index (χ3n) is 6.57. The number of aromatic nitrogens is 2. The van der Waals surface area contributed by atoms with Gasteiger partial charge in [-0.15, -0.1) is 0 Å². The molecule has 3 aromatic rings. The second kappa shape index (κ2) is 8.20. The Morgan fingerprint density at radius 1 is 1.17 bits per heavy atom. The number of benzene rings is 1. The Balaban J connectivity index is 1.10. The number of hydrogen-bond donors (Lipinski definition) is 2. The lowest BCUT2D eigenvalue weighted by Gasteiger charge is -2.39. The molecule has 2 N–H and O–H groups in total. The van der Waals surface area contributed by atoms with Gasteiger partial charge in [-0.2, -0.15) is 0 Å². The molecule has 2 saturated heterocycles. The number of pyridine rings is 1.